The summed E-state index contributed by atoms with van der Waals surface area (Å²) in [7, 11) is 0. The Morgan fingerprint density at radius 1 is 1.64 bits per heavy atom. The molecule has 4 nitrogen and oxygen atoms in total. The molecule has 1 fully saturated rings. The molecule has 2 atom stereocenters. The maximum absolute atomic E-state index is 5.65. The van der Waals surface area contributed by atoms with E-state index in [0.717, 1.165) is 16.2 Å². The van der Waals surface area contributed by atoms with Gasteiger partial charge in [0.1, 0.15) is 22.4 Å². The number of aromatic nitrogens is 2. The van der Waals surface area contributed by atoms with Crippen molar-refractivity contribution in [2.45, 2.75) is 25.8 Å². The van der Waals surface area contributed by atoms with Crippen LogP contribution in [0, 0.1) is 5.92 Å². The van der Waals surface area contributed by atoms with Gasteiger partial charge < -0.3 is 11.1 Å². The number of nitrogen functional groups attached to an aromatic ring is 1. The van der Waals surface area contributed by atoms with Gasteiger partial charge in [-0.05, 0) is 28.3 Å². The summed E-state index contributed by atoms with van der Waals surface area (Å²) in [4.78, 5) is 8.02. The van der Waals surface area contributed by atoms with E-state index in [1.54, 1.807) is 0 Å². The summed E-state index contributed by atoms with van der Waals surface area (Å²) in [5.41, 5.74) is 5.65. The minimum atomic E-state index is 0.483. The highest BCUT2D eigenvalue weighted by Gasteiger charge is 2.35. The fourth-order valence-electron chi connectivity index (χ4n) is 1.54. The van der Waals surface area contributed by atoms with E-state index in [0.29, 0.717) is 11.9 Å². The van der Waals surface area contributed by atoms with E-state index in [1.165, 1.54) is 19.2 Å². The molecule has 76 valence electrons. The zero-order chi connectivity index (χ0) is 10.1. The van der Waals surface area contributed by atoms with Crippen LogP contribution in [0.1, 0.15) is 19.8 Å². The molecule has 0 radical (unpaired) electrons. The molecular formula is C9H13BrN4. The quantitative estimate of drug-likeness (QED) is 0.869. The van der Waals surface area contributed by atoms with Crippen molar-refractivity contribution in [2.24, 2.45) is 5.92 Å². The minimum Gasteiger partial charge on any atom is -0.383 e. The van der Waals surface area contributed by atoms with Crippen LogP contribution in [0.2, 0.25) is 0 Å². The van der Waals surface area contributed by atoms with Crippen LogP contribution in [0.25, 0.3) is 0 Å². The molecule has 1 aromatic rings. The summed E-state index contributed by atoms with van der Waals surface area (Å²) >= 11 is 3.37. The molecule has 0 amide bonds. The van der Waals surface area contributed by atoms with Crippen LogP contribution in [-0.4, -0.2) is 16.0 Å². The molecule has 1 aliphatic rings. The monoisotopic (exact) mass is 256 g/mol. The first kappa shape index (κ1) is 9.71. The van der Waals surface area contributed by atoms with Crippen LogP contribution in [-0.2, 0) is 0 Å². The second-order valence-electron chi connectivity index (χ2n) is 3.58. The smallest absolute Gasteiger partial charge is 0.146 e. The van der Waals surface area contributed by atoms with Gasteiger partial charge in [0.15, 0.2) is 0 Å². The molecule has 0 saturated heterocycles. The van der Waals surface area contributed by atoms with Crippen LogP contribution in [0.15, 0.2) is 10.8 Å². The topological polar surface area (TPSA) is 63.8 Å². The lowest BCUT2D eigenvalue weighted by molar-refractivity contribution is 0.773. The van der Waals surface area contributed by atoms with Crippen LogP contribution >= 0.6 is 15.9 Å². The highest BCUT2D eigenvalue weighted by Crippen LogP contribution is 2.37. The van der Waals surface area contributed by atoms with E-state index in [2.05, 4.69) is 38.1 Å². The van der Waals surface area contributed by atoms with E-state index >= 15 is 0 Å². The first-order valence-electron chi connectivity index (χ1n) is 4.75. The number of rotatable bonds is 3. The van der Waals surface area contributed by atoms with Gasteiger partial charge in [-0.1, -0.05) is 13.3 Å². The van der Waals surface area contributed by atoms with E-state index in [4.69, 9.17) is 5.73 Å². The van der Waals surface area contributed by atoms with Gasteiger partial charge in [0, 0.05) is 6.04 Å². The van der Waals surface area contributed by atoms with Crippen LogP contribution < -0.4 is 11.1 Å². The van der Waals surface area contributed by atoms with Gasteiger partial charge in [0.05, 0.1) is 0 Å². The van der Waals surface area contributed by atoms with Gasteiger partial charge in [-0.15, -0.1) is 0 Å². The summed E-state index contributed by atoms with van der Waals surface area (Å²) in [6.45, 7) is 2.20. The molecule has 3 N–H and O–H groups in total. The van der Waals surface area contributed by atoms with E-state index in [9.17, 15) is 0 Å². The number of hydrogen-bond donors (Lipinski definition) is 2. The number of nitrogens with two attached hydrogens (primary N) is 1. The Labute approximate surface area is 91.4 Å². The Kier molecular flexibility index (Phi) is 2.58. The van der Waals surface area contributed by atoms with Gasteiger partial charge in [0.25, 0.3) is 0 Å². The molecule has 0 bridgehead atoms. The van der Waals surface area contributed by atoms with Crippen LogP contribution in [0.3, 0.4) is 0 Å². The van der Waals surface area contributed by atoms with Crippen molar-refractivity contribution >= 4 is 27.6 Å². The highest BCUT2D eigenvalue weighted by atomic mass is 79.9. The van der Waals surface area contributed by atoms with Crippen molar-refractivity contribution in [3.05, 3.63) is 10.8 Å². The Morgan fingerprint density at radius 3 is 3.07 bits per heavy atom. The van der Waals surface area contributed by atoms with Gasteiger partial charge in [-0.3, -0.25) is 0 Å². The van der Waals surface area contributed by atoms with Crippen LogP contribution in [0.5, 0.6) is 0 Å². The number of halogens is 1. The van der Waals surface area contributed by atoms with Crippen molar-refractivity contribution < 1.29 is 0 Å². The Bertz CT molecular complexity index is 342. The average Bonchev–Trinajstić information content (AvgIpc) is 2.92. The van der Waals surface area contributed by atoms with Gasteiger partial charge >= 0.3 is 0 Å². The molecule has 1 heterocycles. The maximum Gasteiger partial charge on any atom is 0.146 e. The molecule has 2 unspecified atom stereocenters. The first-order chi connectivity index (χ1) is 6.72. The van der Waals surface area contributed by atoms with Crippen molar-refractivity contribution in [1.29, 1.82) is 0 Å². The second kappa shape index (κ2) is 3.73. The molecule has 1 aromatic heterocycles. The number of anilines is 2. The summed E-state index contributed by atoms with van der Waals surface area (Å²) in [5, 5.41) is 3.35. The lowest BCUT2D eigenvalue weighted by Crippen LogP contribution is -2.08. The predicted molar refractivity (Wildman–Crippen MR) is 60.0 cm³/mol. The van der Waals surface area contributed by atoms with E-state index in [1.807, 2.05) is 0 Å². The van der Waals surface area contributed by atoms with Crippen molar-refractivity contribution in [2.75, 3.05) is 11.1 Å². The highest BCUT2D eigenvalue weighted by molar-refractivity contribution is 9.10. The normalized spacial score (nSPS) is 24.7. The van der Waals surface area contributed by atoms with E-state index in [-0.39, 0.29) is 0 Å². The molecule has 0 spiro atoms. The van der Waals surface area contributed by atoms with Crippen molar-refractivity contribution in [3.8, 4) is 0 Å². The molecule has 0 aromatic carbocycles. The third-order valence-corrected chi connectivity index (χ3v) is 3.37. The second-order valence-corrected chi connectivity index (χ2v) is 4.37. The molecule has 2 rings (SSSR count). The minimum absolute atomic E-state index is 0.483. The van der Waals surface area contributed by atoms with Gasteiger partial charge in [-0.2, -0.15) is 0 Å². The largest absolute Gasteiger partial charge is 0.383 e. The summed E-state index contributed by atoms with van der Waals surface area (Å²) in [6, 6.07) is 0.561. The lowest BCUT2D eigenvalue weighted by Gasteiger charge is -2.07. The Hall–Kier alpha value is -0.840. The van der Waals surface area contributed by atoms with Crippen molar-refractivity contribution in [1.82, 2.24) is 9.97 Å². The van der Waals surface area contributed by atoms with Gasteiger partial charge in [0.2, 0.25) is 0 Å². The SMILES string of the molecule is CCC1CC1Nc1ncnc(N)c1Br. The fourth-order valence-corrected chi connectivity index (χ4v) is 1.85. The third-order valence-electron chi connectivity index (χ3n) is 2.59. The number of nitrogens with one attached hydrogen (secondary N) is 1. The maximum atomic E-state index is 5.65. The number of nitrogens with zero attached hydrogens (tertiary/aromatic N) is 2. The predicted octanol–water partition coefficient (Wildman–Crippen LogP) is 2.03. The molecule has 0 aliphatic heterocycles. The average molecular weight is 257 g/mol. The first-order valence-corrected chi connectivity index (χ1v) is 5.54. The number of hydrogen-bond acceptors (Lipinski definition) is 4. The van der Waals surface area contributed by atoms with Crippen LogP contribution in [0.4, 0.5) is 11.6 Å². The standard InChI is InChI=1S/C9H13BrN4/c1-2-5-3-6(5)14-9-7(10)8(11)12-4-13-9/h4-6H,2-3H2,1H3,(H3,11,12,13,14). The summed E-state index contributed by atoms with van der Waals surface area (Å²) in [6.07, 6.45) is 3.93. The molecular weight excluding hydrogens is 244 g/mol. The van der Waals surface area contributed by atoms with Gasteiger partial charge in [-0.25, -0.2) is 9.97 Å². The Morgan fingerprint density at radius 2 is 2.43 bits per heavy atom. The lowest BCUT2D eigenvalue weighted by atomic mass is 10.3. The zero-order valence-electron chi connectivity index (χ0n) is 8.00. The zero-order valence-corrected chi connectivity index (χ0v) is 9.58. The molecule has 1 saturated carbocycles. The summed E-state index contributed by atoms with van der Waals surface area (Å²) in [5.74, 6) is 2.08. The fraction of sp³-hybridized carbons (Fsp3) is 0.556. The molecule has 5 heteroatoms. The molecule has 14 heavy (non-hydrogen) atoms. The Balaban J connectivity index is 2.07. The van der Waals surface area contributed by atoms with E-state index < -0.39 is 0 Å². The third kappa shape index (κ3) is 1.82. The molecule has 1 aliphatic carbocycles. The summed E-state index contributed by atoms with van der Waals surface area (Å²) < 4.78 is 0.766. The van der Waals surface area contributed by atoms with Crippen molar-refractivity contribution in [3.63, 3.8) is 0 Å².